The minimum atomic E-state index is -0.336. The molecular formula is C24H28ClN3O5. The molecule has 0 atom stereocenters. The van der Waals surface area contributed by atoms with Crippen LogP contribution in [0, 0.1) is 0 Å². The summed E-state index contributed by atoms with van der Waals surface area (Å²) >= 11 is 6.27. The Morgan fingerprint density at radius 2 is 1.70 bits per heavy atom. The van der Waals surface area contributed by atoms with E-state index < -0.39 is 0 Å². The van der Waals surface area contributed by atoms with E-state index in [4.69, 9.17) is 21.1 Å². The van der Waals surface area contributed by atoms with Gasteiger partial charge in [0, 0.05) is 30.9 Å². The maximum atomic E-state index is 12.6. The molecule has 0 aliphatic carbocycles. The summed E-state index contributed by atoms with van der Waals surface area (Å²) in [4.78, 5) is 37.5. The number of carbonyl (C=O) groups excluding carboxylic acids is 3. The third-order valence-electron chi connectivity index (χ3n) is 4.48. The van der Waals surface area contributed by atoms with Crippen molar-refractivity contribution in [2.45, 2.75) is 20.8 Å². The largest absolute Gasteiger partial charge is 0.493 e. The van der Waals surface area contributed by atoms with E-state index in [0.29, 0.717) is 46.6 Å². The van der Waals surface area contributed by atoms with Crippen molar-refractivity contribution in [3.63, 3.8) is 0 Å². The lowest BCUT2D eigenvalue weighted by molar-refractivity contribution is -0.130. The van der Waals surface area contributed by atoms with Gasteiger partial charge in [0.15, 0.2) is 11.5 Å². The molecule has 0 aromatic heterocycles. The minimum Gasteiger partial charge on any atom is -0.493 e. The molecule has 2 aromatic rings. The van der Waals surface area contributed by atoms with Crippen LogP contribution in [0.4, 0.5) is 11.4 Å². The molecular weight excluding hydrogens is 446 g/mol. The molecule has 0 radical (unpaired) electrons. The highest BCUT2D eigenvalue weighted by atomic mass is 35.5. The maximum absolute atomic E-state index is 12.6. The molecule has 2 N–H and O–H groups in total. The minimum absolute atomic E-state index is 0.111. The van der Waals surface area contributed by atoms with E-state index in [0.717, 1.165) is 0 Å². The van der Waals surface area contributed by atoms with Gasteiger partial charge in [-0.15, -0.1) is 0 Å². The molecule has 33 heavy (non-hydrogen) atoms. The van der Waals surface area contributed by atoms with Crippen LogP contribution in [0.1, 0.15) is 26.3 Å². The predicted molar refractivity (Wildman–Crippen MR) is 130 cm³/mol. The number of nitrogens with zero attached hydrogens (tertiary/aromatic N) is 1. The van der Waals surface area contributed by atoms with Crippen LogP contribution in [-0.4, -0.2) is 49.4 Å². The van der Waals surface area contributed by atoms with Crippen molar-refractivity contribution in [1.29, 1.82) is 0 Å². The van der Waals surface area contributed by atoms with Crippen LogP contribution in [0.25, 0.3) is 6.08 Å². The number of hydrogen-bond acceptors (Lipinski definition) is 5. The summed E-state index contributed by atoms with van der Waals surface area (Å²) in [6.07, 6.45) is 2.98. The lowest BCUT2D eigenvalue weighted by Crippen LogP contribution is -2.36. The van der Waals surface area contributed by atoms with Crippen LogP contribution in [0.3, 0.4) is 0 Å². The molecule has 3 amide bonds. The zero-order valence-electron chi connectivity index (χ0n) is 19.1. The van der Waals surface area contributed by atoms with Crippen molar-refractivity contribution < 1.29 is 23.9 Å². The highest BCUT2D eigenvalue weighted by Gasteiger charge is 2.15. The highest BCUT2D eigenvalue weighted by Crippen LogP contribution is 2.36. The van der Waals surface area contributed by atoms with Gasteiger partial charge in [-0.1, -0.05) is 11.6 Å². The van der Waals surface area contributed by atoms with Crippen LogP contribution in [-0.2, 0) is 14.4 Å². The van der Waals surface area contributed by atoms with Gasteiger partial charge in [0.1, 0.15) is 6.54 Å². The second kappa shape index (κ2) is 12.5. The van der Waals surface area contributed by atoms with E-state index in [2.05, 4.69) is 10.6 Å². The first kappa shape index (κ1) is 25.7. The number of rotatable bonds is 10. The smallest absolute Gasteiger partial charge is 0.247 e. The number of hydrogen-bond donors (Lipinski definition) is 2. The molecule has 0 aliphatic rings. The quantitative estimate of drug-likeness (QED) is 0.504. The molecule has 0 saturated heterocycles. The molecule has 2 rings (SSSR count). The molecule has 0 bridgehead atoms. The second-order valence-corrected chi connectivity index (χ2v) is 7.37. The summed E-state index contributed by atoms with van der Waals surface area (Å²) in [5, 5.41) is 5.77. The van der Waals surface area contributed by atoms with Crippen LogP contribution in [0.2, 0.25) is 5.02 Å². The lowest BCUT2D eigenvalue weighted by Gasteiger charge is -2.18. The SMILES string of the molecule is CCOc1c(Cl)cc(C=CC(=O)N(CC)CC(=O)Nc2ccc(NC(C)=O)cc2)cc1OC. The van der Waals surface area contributed by atoms with Gasteiger partial charge in [0.2, 0.25) is 17.7 Å². The molecule has 0 fully saturated rings. The fourth-order valence-corrected chi connectivity index (χ4v) is 3.23. The molecule has 2 aromatic carbocycles. The van der Waals surface area contributed by atoms with Gasteiger partial charge in [-0.25, -0.2) is 0 Å². The first-order valence-electron chi connectivity index (χ1n) is 10.4. The van der Waals surface area contributed by atoms with Gasteiger partial charge in [0.25, 0.3) is 0 Å². The molecule has 0 spiro atoms. The molecule has 0 heterocycles. The number of anilines is 2. The third kappa shape index (κ3) is 7.84. The highest BCUT2D eigenvalue weighted by molar-refractivity contribution is 6.32. The van der Waals surface area contributed by atoms with Gasteiger partial charge < -0.3 is 25.0 Å². The Bertz CT molecular complexity index is 1020. The Morgan fingerprint density at radius 1 is 1.06 bits per heavy atom. The Hall–Kier alpha value is -3.52. The Kier molecular flexibility index (Phi) is 9.75. The zero-order valence-corrected chi connectivity index (χ0v) is 19.9. The fourth-order valence-electron chi connectivity index (χ4n) is 2.95. The summed E-state index contributed by atoms with van der Waals surface area (Å²) in [6.45, 7) is 5.74. The summed E-state index contributed by atoms with van der Waals surface area (Å²) in [5.74, 6) is 0.0759. The van der Waals surface area contributed by atoms with Gasteiger partial charge >= 0.3 is 0 Å². The normalized spacial score (nSPS) is 10.6. The standard InChI is InChI=1S/C24H28ClN3O5/c1-5-28(15-22(30)27-19-10-8-18(9-11-19)26-16(3)29)23(31)12-7-17-13-20(25)24(33-6-2)21(14-17)32-4/h7-14H,5-6,15H2,1-4H3,(H,26,29)(H,27,30). The molecule has 9 heteroatoms. The summed E-state index contributed by atoms with van der Waals surface area (Å²) < 4.78 is 10.8. The first-order valence-corrected chi connectivity index (χ1v) is 10.8. The molecule has 8 nitrogen and oxygen atoms in total. The maximum Gasteiger partial charge on any atom is 0.247 e. The molecule has 176 valence electrons. The van der Waals surface area contributed by atoms with E-state index in [1.807, 2.05) is 6.92 Å². The van der Waals surface area contributed by atoms with Crippen molar-refractivity contribution in [3.8, 4) is 11.5 Å². The number of carbonyl (C=O) groups is 3. The zero-order chi connectivity index (χ0) is 24.4. The van der Waals surface area contributed by atoms with Crippen LogP contribution >= 0.6 is 11.6 Å². The number of amides is 3. The number of nitrogens with one attached hydrogen (secondary N) is 2. The Balaban J connectivity index is 2.01. The van der Waals surface area contributed by atoms with Gasteiger partial charge in [-0.05, 0) is 61.9 Å². The average molecular weight is 474 g/mol. The summed E-state index contributed by atoms with van der Waals surface area (Å²) in [6, 6.07) is 10.1. The van der Waals surface area contributed by atoms with E-state index in [9.17, 15) is 14.4 Å². The van der Waals surface area contributed by atoms with Crippen molar-refractivity contribution >= 4 is 46.8 Å². The Morgan fingerprint density at radius 3 is 2.24 bits per heavy atom. The fraction of sp³-hybridized carbons (Fsp3) is 0.292. The Labute approximate surface area is 198 Å². The van der Waals surface area contributed by atoms with E-state index in [1.165, 1.54) is 25.0 Å². The van der Waals surface area contributed by atoms with Crippen LogP contribution in [0.5, 0.6) is 11.5 Å². The summed E-state index contributed by atoms with van der Waals surface area (Å²) in [5.41, 5.74) is 1.85. The van der Waals surface area contributed by atoms with Crippen molar-refractivity contribution in [2.24, 2.45) is 0 Å². The van der Waals surface area contributed by atoms with Gasteiger partial charge in [-0.2, -0.15) is 0 Å². The number of methoxy groups -OCH3 is 1. The number of halogens is 1. The predicted octanol–water partition coefficient (Wildman–Crippen LogP) is 4.21. The number of likely N-dealkylation sites (N-methyl/N-ethyl adjacent to an activating group) is 1. The van der Waals surface area contributed by atoms with Crippen molar-refractivity contribution in [3.05, 3.63) is 53.1 Å². The molecule has 0 aliphatic heterocycles. The average Bonchev–Trinajstić information content (AvgIpc) is 2.78. The first-order chi connectivity index (χ1) is 15.8. The van der Waals surface area contributed by atoms with Crippen LogP contribution in [0.15, 0.2) is 42.5 Å². The van der Waals surface area contributed by atoms with Gasteiger partial charge in [-0.3, -0.25) is 14.4 Å². The van der Waals surface area contributed by atoms with Crippen LogP contribution < -0.4 is 20.1 Å². The van der Waals surface area contributed by atoms with E-state index in [1.54, 1.807) is 49.4 Å². The molecule has 0 saturated carbocycles. The second-order valence-electron chi connectivity index (χ2n) is 6.96. The van der Waals surface area contributed by atoms with Gasteiger partial charge in [0.05, 0.1) is 18.7 Å². The number of ether oxygens (including phenoxy) is 2. The lowest BCUT2D eigenvalue weighted by atomic mass is 10.2. The van der Waals surface area contributed by atoms with E-state index >= 15 is 0 Å². The third-order valence-corrected chi connectivity index (χ3v) is 4.76. The topological polar surface area (TPSA) is 97.0 Å². The van der Waals surface area contributed by atoms with Crippen molar-refractivity contribution in [1.82, 2.24) is 4.90 Å². The molecule has 0 unspecified atom stereocenters. The number of benzene rings is 2. The monoisotopic (exact) mass is 473 g/mol. The van der Waals surface area contributed by atoms with Crippen molar-refractivity contribution in [2.75, 3.05) is 37.4 Å². The van der Waals surface area contributed by atoms with E-state index in [-0.39, 0.29) is 24.3 Å². The summed E-state index contributed by atoms with van der Waals surface area (Å²) in [7, 11) is 1.51.